The Morgan fingerprint density at radius 3 is 1.29 bits per heavy atom. The molecule has 0 N–H and O–H groups in total. The molecule has 0 radical (unpaired) electrons. The standard InChI is InChI=1S/2C16H13.C6H5.2C4H9.CH3.H2Si.Zr/c2*1-12-10-14-8-5-9-15(16(14)11-12)13-6-3-2-4-7-13;1-2-4-6-5-3-1;2*1-3-4-2;;;/h2*2-11H,1H3;1-5H;2*1,3-4H2,2H3;1H3;1H2;. The van der Waals surface area contributed by atoms with Crippen molar-refractivity contribution in [3.8, 4) is 22.3 Å². The topological polar surface area (TPSA) is 0 Å². The third kappa shape index (κ3) is 4.62. The van der Waals surface area contributed by atoms with Crippen LogP contribution in [0.3, 0.4) is 0 Å². The first-order valence-electron chi connectivity index (χ1n) is 18.8. The summed E-state index contributed by atoms with van der Waals surface area (Å²) in [6, 6.07) is 48.8. The molecule has 5 aromatic carbocycles. The molecule has 2 heteroatoms. The average Bonchev–Trinajstić information content (AvgIpc) is 3.69. The van der Waals surface area contributed by atoms with Crippen LogP contribution in [0.5, 0.6) is 0 Å². The van der Waals surface area contributed by atoms with Gasteiger partial charge in [-0.1, -0.05) is 0 Å². The van der Waals surface area contributed by atoms with Gasteiger partial charge in [0.1, 0.15) is 0 Å². The molecule has 2 unspecified atom stereocenters. The summed E-state index contributed by atoms with van der Waals surface area (Å²) in [6.07, 6.45) is 10.1. The first-order valence-corrected chi connectivity index (χ1v) is 34.8. The number of rotatable bonds is 11. The minimum absolute atomic E-state index is 0.342. The molecular formula is C47H54SiZr. The predicted octanol–water partition coefficient (Wildman–Crippen LogP) is 12.8. The molecule has 0 aromatic heterocycles. The molecule has 49 heavy (non-hydrogen) atoms. The van der Waals surface area contributed by atoms with E-state index in [-0.39, 0.29) is 0 Å². The number of fused-ring (bicyclic) bond motifs is 2. The van der Waals surface area contributed by atoms with Crippen molar-refractivity contribution in [2.45, 2.75) is 73.5 Å². The van der Waals surface area contributed by atoms with E-state index >= 15 is 0 Å². The number of allylic oxidation sites excluding steroid dienone is 2. The fourth-order valence-electron chi connectivity index (χ4n) is 12.5. The molecule has 2 aliphatic carbocycles. The first-order chi connectivity index (χ1) is 23.6. The minimum atomic E-state index is -5.64. The molecule has 0 heterocycles. The van der Waals surface area contributed by atoms with Gasteiger partial charge in [0, 0.05) is 0 Å². The van der Waals surface area contributed by atoms with Gasteiger partial charge in [-0.3, -0.25) is 0 Å². The number of hydrogen-bond donors (Lipinski definition) is 0. The van der Waals surface area contributed by atoms with E-state index in [0.29, 0.717) is 7.25 Å². The van der Waals surface area contributed by atoms with Crippen molar-refractivity contribution in [2.24, 2.45) is 0 Å². The van der Waals surface area contributed by atoms with Crippen LogP contribution in [-0.2, 0) is 14.4 Å². The summed E-state index contributed by atoms with van der Waals surface area (Å²) in [5, 5.41) is 0. The van der Waals surface area contributed by atoms with Crippen molar-refractivity contribution < 1.29 is 14.4 Å². The Bertz CT molecular complexity index is 2100. The van der Waals surface area contributed by atoms with Gasteiger partial charge in [0.15, 0.2) is 0 Å². The molecule has 0 amide bonds. The summed E-state index contributed by atoms with van der Waals surface area (Å²) in [7, 11) is 0. The van der Waals surface area contributed by atoms with E-state index in [9.17, 15) is 0 Å². The molecule has 250 valence electrons. The van der Waals surface area contributed by atoms with Gasteiger partial charge in [-0.15, -0.1) is 0 Å². The Hall–Kier alpha value is -3.32. The third-order valence-electron chi connectivity index (χ3n) is 14.3. The molecule has 7 rings (SSSR count). The van der Waals surface area contributed by atoms with Gasteiger partial charge in [0.05, 0.1) is 0 Å². The molecule has 2 aliphatic rings. The summed E-state index contributed by atoms with van der Waals surface area (Å²) in [4.78, 5) is 0. The second-order valence-corrected chi connectivity index (χ2v) is 65.0. The van der Waals surface area contributed by atoms with Gasteiger partial charge in [0.2, 0.25) is 0 Å². The van der Waals surface area contributed by atoms with Crippen LogP contribution in [0.2, 0.25) is 12.9 Å². The monoisotopic (exact) mass is 736 g/mol. The maximum absolute atomic E-state index is 5.64. The van der Waals surface area contributed by atoms with E-state index in [0.717, 1.165) is 0 Å². The van der Waals surface area contributed by atoms with Crippen molar-refractivity contribution in [3.05, 3.63) is 161 Å². The van der Waals surface area contributed by atoms with E-state index in [4.69, 9.17) is 0 Å². The molecule has 0 spiro atoms. The molecule has 0 fully saturated rings. The zero-order valence-electron chi connectivity index (χ0n) is 30.4. The van der Waals surface area contributed by atoms with Gasteiger partial charge < -0.3 is 0 Å². The fourth-order valence-corrected chi connectivity index (χ4v) is 60.8. The third-order valence-corrected chi connectivity index (χ3v) is 60.0. The fraction of sp³-hybridized carbons (Fsp3) is 0.277. The van der Waals surface area contributed by atoms with Crippen molar-refractivity contribution in [1.82, 2.24) is 0 Å². The number of benzene rings is 5. The molecule has 0 bridgehead atoms. The Kier molecular flexibility index (Phi) is 8.09. The molecular weight excluding hydrogens is 684 g/mol. The van der Waals surface area contributed by atoms with Gasteiger partial charge in [-0.25, -0.2) is 0 Å². The predicted molar refractivity (Wildman–Crippen MR) is 216 cm³/mol. The van der Waals surface area contributed by atoms with Gasteiger partial charge in [-0.2, -0.15) is 0 Å². The van der Waals surface area contributed by atoms with E-state index < -0.39 is 14.4 Å². The van der Waals surface area contributed by atoms with Crippen molar-refractivity contribution in [3.63, 3.8) is 0 Å². The van der Waals surface area contributed by atoms with Crippen LogP contribution in [0, 0.1) is 0 Å². The molecule has 0 nitrogen and oxygen atoms in total. The number of unbranched alkanes of at least 4 members (excludes halogenated alkanes) is 2. The maximum atomic E-state index is 2.99. The van der Waals surface area contributed by atoms with E-state index in [1.807, 2.05) is 0 Å². The molecule has 0 aliphatic heterocycles. The van der Waals surface area contributed by atoms with Crippen LogP contribution >= 0.6 is 0 Å². The Morgan fingerprint density at radius 2 is 0.898 bits per heavy atom. The van der Waals surface area contributed by atoms with Crippen LogP contribution in [-0.4, -0.2) is 6.88 Å². The van der Waals surface area contributed by atoms with Crippen molar-refractivity contribution >= 4 is 22.3 Å². The molecule has 2 atom stereocenters. The van der Waals surface area contributed by atoms with Crippen LogP contribution in [0.4, 0.5) is 0 Å². The second kappa shape index (κ2) is 11.6. The zero-order valence-corrected chi connectivity index (χ0v) is 34.3. The molecule has 0 saturated heterocycles. The quantitative estimate of drug-likeness (QED) is 0.118. The Labute approximate surface area is 291 Å². The van der Waals surface area contributed by atoms with Gasteiger partial charge in [0.25, 0.3) is 0 Å². The average molecular weight is 738 g/mol. The van der Waals surface area contributed by atoms with E-state index in [1.54, 1.807) is 25.5 Å². The SMILES string of the molecule is CCC[CH2][Zr]([CH3])(=[SiH2])([CH2]CCC)([c]1ccccc1)([CH]1C(C)=Cc2c(-c3ccccc3)cccc21)[CH]1C(C)=Cc2c(-c3ccccc3)cccc21. The first kappa shape index (κ1) is 34.1. The van der Waals surface area contributed by atoms with Gasteiger partial charge >= 0.3 is 293 Å². The molecule has 0 saturated carbocycles. The van der Waals surface area contributed by atoms with Crippen LogP contribution in [0.15, 0.2) is 139 Å². The molecule has 5 aromatic rings. The van der Waals surface area contributed by atoms with Crippen LogP contribution < -0.4 is 3.27 Å². The number of hydrogen-bond acceptors (Lipinski definition) is 0. The Balaban J connectivity index is 1.68. The van der Waals surface area contributed by atoms with Crippen molar-refractivity contribution in [2.75, 3.05) is 0 Å². The van der Waals surface area contributed by atoms with E-state index in [2.05, 4.69) is 179 Å². The second-order valence-electron chi connectivity index (χ2n) is 17.4. The summed E-state index contributed by atoms with van der Waals surface area (Å²) in [5.41, 5.74) is 14.5. The van der Waals surface area contributed by atoms with Crippen molar-refractivity contribution in [1.29, 1.82) is 0 Å². The zero-order chi connectivity index (χ0) is 34.4. The summed E-state index contributed by atoms with van der Waals surface area (Å²) in [6.45, 7) is 12.4. The Morgan fingerprint density at radius 1 is 0.510 bits per heavy atom. The van der Waals surface area contributed by atoms with Crippen LogP contribution in [0.25, 0.3) is 34.4 Å². The summed E-state index contributed by atoms with van der Waals surface area (Å²) in [5.74, 6) is 0. The normalized spacial score (nSPS) is 19.1. The van der Waals surface area contributed by atoms with Crippen LogP contribution in [0.1, 0.15) is 82.9 Å². The summed E-state index contributed by atoms with van der Waals surface area (Å²) < 4.78 is 7.89. The van der Waals surface area contributed by atoms with E-state index in [1.165, 1.54) is 67.3 Å². The van der Waals surface area contributed by atoms with Gasteiger partial charge in [-0.05, 0) is 0 Å². The summed E-state index contributed by atoms with van der Waals surface area (Å²) >= 11 is -5.64.